The molecule has 5 nitrogen and oxygen atoms in total. The molecule has 0 aromatic carbocycles. The van der Waals surface area contributed by atoms with E-state index in [-0.39, 0.29) is 29.2 Å². The lowest BCUT2D eigenvalue weighted by Gasteiger charge is -2.35. The molecule has 0 aromatic rings. The number of carbonyl (C=O) groups excluding carboxylic acids is 1. The van der Waals surface area contributed by atoms with E-state index in [9.17, 15) is 13.2 Å². The smallest absolute Gasteiger partial charge is 0.241 e. The van der Waals surface area contributed by atoms with E-state index >= 15 is 0 Å². The van der Waals surface area contributed by atoms with Crippen molar-refractivity contribution in [2.75, 3.05) is 13.1 Å². The Bertz CT molecular complexity index is 541. The van der Waals surface area contributed by atoms with E-state index in [0.717, 1.165) is 64.5 Å². The van der Waals surface area contributed by atoms with Crippen LogP contribution in [-0.2, 0) is 14.6 Å². The van der Waals surface area contributed by atoms with Gasteiger partial charge in [-0.15, -0.1) is 0 Å². The molecule has 2 heterocycles. The third kappa shape index (κ3) is 3.36. The fraction of sp³-hybridized carbons (Fsp3) is 0.944. The Kier molecular flexibility index (Phi) is 5.55. The summed E-state index contributed by atoms with van der Waals surface area (Å²) >= 11 is 0. The minimum atomic E-state index is -3.41. The molecule has 1 saturated carbocycles. The Hall–Kier alpha value is -0.620. The number of sulfone groups is 1. The Balaban J connectivity index is 1.86. The van der Waals surface area contributed by atoms with Crippen molar-refractivity contribution in [3.8, 4) is 0 Å². The summed E-state index contributed by atoms with van der Waals surface area (Å²) in [5, 5.41) is 2.22. The number of nitrogens with one attached hydrogen (secondary N) is 1. The van der Waals surface area contributed by atoms with Gasteiger partial charge in [-0.1, -0.05) is 33.1 Å². The Morgan fingerprint density at radius 3 is 2.33 bits per heavy atom. The van der Waals surface area contributed by atoms with Crippen LogP contribution in [-0.4, -0.2) is 54.9 Å². The van der Waals surface area contributed by atoms with E-state index in [1.165, 1.54) is 0 Å². The summed E-state index contributed by atoms with van der Waals surface area (Å²) in [5.74, 6) is -0.285. The van der Waals surface area contributed by atoms with E-state index in [2.05, 4.69) is 5.32 Å². The number of hydrogen-bond acceptors (Lipinski definition) is 4. The molecule has 3 fully saturated rings. The van der Waals surface area contributed by atoms with Gasteiger partial charge in [0, 0.05) is 18.6 Å². The van der Waals surface area contributed by atoms with Crippen LogP contribution in [0.15, 0.2) is 0 Å². The predicted molar refractivity (Wildman–Crippen MR) is 95.6 cm³/mol. The SMILES string of the molecule is CC(C)C(C(=O)N1C2CCNCC1CC2)S(=O)(=O)C1CCCCC1. The van der Waals surface area contributed by atoms with Crippen LogP contribution in [0.1, 0.15) is 65.2 Å². The molecule has 2 aliphatic heterocycles. The third-order valence-electron chi connectivity index (χ3n) is 6.13. The number of rotatable bonds is 4. The van der Waals surface area contributed by atoms with E-state index in [4.69, 9.17) is 0 Å². The van der Waals surface area contributed by atoms with Gasteiger partial charge in [0.05, 0.1) is 5.25 Å². The summed E-state index contributed by atoms with van der Waals surface area (Å²) < 4.78 is 26.5. The van der Waals surface area contributed by atoms with Crippen LogP contribution >= 0.6 is 0 Å². The van der Waals surface area contributed by atoms with E-state index in [1.54, 1.807) is 0 Å². The van der Waals surface area contributed by atoms with Gasteiger partial charge in [-0.25, -0.2) is 8.42 Å². The van der Waals surface area contributed by atoms with Crippen molar-refractivity contribution in [3.05, 3.63) is 0 Å². The van der Waals surface area contributed by atoms with Gasteiger partial charge >= 0.3 is 0 Å². The summed E-state index contributed by atoms with van der Waals surface area (Å²) in [5.41, 5.74) is 0. The highest BCUT2D eigenvalue weighted by Gasteiger charge is 2.47. The second-order valence-corrected chi connectivity index (χ2v) is 10.5. The molecular weight excluding hydrogens is 324 g/mol. The number of carbonyl (C=O) groups is 1. The molecule has 2 bridgehead atoms. The molecule has 6 heteroatoms. The zero-order chi connectivity index (χ0) is 17.3. The highest BCUT2D eigenvalue weighted by atomic mass is 32.2. The van der Waals surface area contributed by atoms with Gasteiger partial charge in [0.2, 0.25) is 5.91 Å². The first-order valence-electron chi connectivity index (χ1n) is 9.68. The van der Waals surface area contributed by atoms with E-state index in [0.29, 0.717) is 0 Å². The van der Waals surface area contributed by atoms with Crippen molar-refractivity contribution in [1.82, 2.24) is 10.2 Å². The standard InChI is InChI=1S/C18H32N2O3S/c1-13(2)17(24(22,23)16-6-4-3-5-7-16)18(21)20-14-8-9-15(20)12-19-11-10-14/h13-17,19H,3-12H2,1-2H3. The first kappa shape index (κ1) is 18.2. The Labute approximate surface area is 146 Å². The highest BCUT2D eigenvalue weighted by Crippen LogP contribution is 2.34. The van der Waals surface area contributed by atoms with E-state index in [1.807, 2.05) is 18.7 Å². The molecular formula is C18H32N2O3S. The maximum absolute atomic E-state index is 13.4. The van der Waals surface area contributed by atoms with Gasteiger partial charge in [0.1, 0.15) is 5.25 Å². The second-order valence-electron chi connectivity index (χ2n) is 8.14. The quantitative estimate of drug-likeness (QED) is 0.838. The Morgan fingerprint density at radius 1 is 1.00 bits per heavy atom. The lowest BCUT2D eigenvalue weighted by Crippen LogP contribution is -2.53. The molecule has 0 radical (unpaired) electrons. The largest absolute Gasteiger partial charge is 0.334 e. The molecule has 1 amide bonds. The molecule has 2 saturated heterocycles. The molecule has 3 rings (SSSR count). The second kappa shape index (κ2) is 7.32. The predicted octanol–water partition coefficient (Wildman–Crippen LogP) is 2.11. The number of amides is 1. The molecule has 24 heavy (non-hydrogen) atoms. The molecule has 1 N–H and O–H groups in total. The molecule has 3 unspecified atom stereocenters. The minimum Gasteiger partial charge on any atom is -0.334 e. The Morgan fingerprint density at radius 2 is 1.67 bits per heavy atom. The van der Waals surface area contributed by atoms with Crippen molar-refractivity contribution in [3.63, 3.8) is 0 Å². The van der Waals surface area contributed by atoms with Crippen molar-refractivity contribution < 1.29 is 13.2 Å². The van der Waals surface area contributed by atoms with Crippen LogP contribution in [0.4, 0.5) is 0 Å². The highest BCUT2D eigenvalue weighted by molar-refractivity contribution is 7.93. The van der Waals surface area contributed by atoms with E-state index < -0.39 is 15.1 Å². The van der Waals surface area contributed by atoms with Crippen LogP contribution in [0.5, 0.6) is 0 Å². The number of hydrogen-bond donors (Lipinski definition) is 1. The molecule has 0 spiro atoms. The van der Waals surface area contributed by atoms with Gasteiger partial charge in [-0.3, -0.25) is 4.79 Å². The summed E-state index contributed by atoms with van der Waals surface area (Å²) in [6.45, 7) is 5.50. The fourth-order valence-electron chi connectivity index (χ4n) is 4.90. The zero-order valence-electron chi connectivity index (χ0n) is 15.0. The van der Waals surface area contributed by atoms with Gasteiger partial charge < -0.3 is 10.2 Å². The zero-order valence-corrected chi connectivity index (χ0v) is 15.9. The first-order chi connectivity index (χ1) is 11.4. The van der Waals surface area contributed by atoms with Crippen molar-refractivity contribution in [1.29, 1.82) is 0 Å². The summed E-state index contributed by atoms with van der Waals surface area (Å²) in [6, 6.07) is 0.396. The molecule has 3 aliphatic rings. The fourth-order valence-corrected chi connectivity index (χ4v) is 7.46. The van der Waals surface area contributed by atoms with Crippen LogP contribution in [0.2, 0.25) is 0 Å². The average Bonchev–Trinajstić information content (AvgIpc) is 2.80. The van der Waals surface area contributed by atoms with Crippen molar-refractivity contribution in [2.45, 2.75) is 87.8 Å². The van der Waals surface area contributed by atoms with Crippen LogP contribution in [0.25, 0.3) is 0 Å². The minimum absolute atomic E-state index is 0.119. The van der Waals surface area contributed by atoms with Gasteiger partial charge in [0.15, 0.2) is 9.84 Å². The molecule has 138 valence electrons. The van der Waals surface area contributed by atoms with Crippen LogP contribution < -0.4 is 5.32 Å². The van der Waals surface area contributed by atoms with Gasteiger partial charge in [0.25, 0.3) is 0 Å². The summed E-state index contributed by atoms with van der Waals surface area (Å²) in [4.78, 5) is 15.3. The first-order valence-corrected chi connectivity index (χ1v) is 11.3. The average molecular weight is 357 g/mol. The lowest BCUT2D eigenvalue weighted by molar-refractivity contribution is -0.134. The lowest BCUT2D eigenvalue weighted by atomic mass is 10.0. The summed E-state index contributed by atoms with van der Waals surface area (Å²) in [6.07, 6.45) is 7.49. The molecule has 1 aliphatic carbocycles. The summed E-state index contributed by atoms with van der Waals surface area (Å²) in [7, 11) is -3.41. The normalized spacial score (nSPS) is 30.4. The maximum atomic E-state index is 13.4. The van der Waals surface area contributed by atoms with Crippen molar-refractivity contribution >= 4 is 15.7 Å². The molecule has 0 aromatic heterocycles. The third-order valence-corrected chi connectivity index (χ3v) is 8.98. The van der Waals surface area contributed by atoms with Crippen LogP contribution in [0, 0.1) is 5.92 Å². The van der Waals surface area contributed by atoms with Crippen LogP contribution in [0.3, 0.4) is 0 Å². The topological polar surface area (TPSA) is 66.5 Å². The number of nitrogens with zero attached hydrogens (tertiary/aromatic N) is 1. The van der Waals surface area contributed by atoms with Gasteiger partial charge in [-0.2, -0.15) is 0 Å². The maximum Gasteiger partial charge on any atom is 0.241 e. The number of fused-ring (bicyclic) bond motifs is 2. The van der Waals surface area contributed by atoms with Gasteiger partial charge in [-0.05, 0) is 44.6 Å². The monoisotopic (exact) mass is 356 g/mol. The van der Waals surface area contributed by atoms with Crippen molar-refractivity contribution in [2.24, 2.45) is 5.92 Å². The molecule has 3 atom stereocenters.